The van der Waals surface area contributed by atoms with Gasteiger partial charge < -0.3 is 10.1 Å². The predicted octanol–water partition coefficient (Wildman–Crippen LogP) is 3.41. The summed E-state index contributed by atoms with van der Waals surface area (Å²) >= 11 is 0. The van der Waals surface area contributed by atoms with Crippen molar-refractivity contribution in [2.45, 2.75) is 13.5 Å². The number of nitrogens with zero attached hydrogens (tertiary/aromatic N) is 3. The van der Waals surface area contributed by atoms with Gasteiger partial charge >= 0.3 is 0 Å². The van der Waals surface area contributed by atoms with E-state index in [0.717, 1.165) is 11.3 Å². The lowest BCUT2D eigenvalue weighted by atomic mass is 10.1. The Kier molecular flexibility index (Phi) is 5.16. The molecule has 1 N–H and O–H groups in total. The molecule has 0 bridgehead atoms. The van der Waals surface area contributed by atoms with Crippen LogP contribution in [0.1, 0.15) is 21.5 Å². The van der Waals surface area contributed by atoms with Crippen LogP contribution in [0.2, 0.25) is 0 Å². The lowest BCUT2D eigenvalue weighted by Crippen LogP contribution is -2.12. The van der Waals surface area contributed by atoms with E-state index >= 15 is 0 Å². The molecule has 2 aromatic carbocycles. The number of aromatic nitrogens is 2. The average Bonchev–Trinajstić information content (AvgIpc) is 3.08. The second-order valence-corrected chi connectivity index (χ2v) is 5.99. The maximum atomic E-state index is 12.4. The second kappa shape index (κ2) is 7.69. The Morgan fingerprint density at radius 1 is 1.30 bits per heavy atom. The number of carbonyl (C=O) groups is 1. The third kappa shape index (κ3) is 4.30. The topological polar surface area (TPSA) is 99.3 Å². The summed E-state index contributed by atoms with van der Waals surface area (Å²) in [5, 5.41) is 17.9. The Bertz CT molecular complexity index is 997. The Morgan fingerprint density at radius 2 is 2.11 bits per heavy atom. The van der Waals surface area contributed by atoms with E-state index in [9.17, 15) is 14.9 Å². The number of nitro groups is 1. The van der Waals surface area contributed by atoms with E-state index < -0.39 is 4.92 Å². The Labute approximate surface area is 155 Å². The summed E-state index contributed by atoms with van der Waals surface area (Å²) < 4.78 is 6.90. The zero-order valence-electron chi connectivity index (χ0n) is 14.9. The fraction of sp³-hybridized carbons (Fsp3) is 0.158. The second-order valence-electron chi connectivity index (χ2n) is 5.99. The quantitative estimate of drug-likeness (QED) is 0.532. The van der Waals surface area contributed by atoms with Crippen LogP contribution in [-0.4, -0.2) is 27.7 Å². The van der Waals surface area contributed by atoms with E-state index in [4.69, 9.17) is 4.74 Å². The van der Waals surface area contributed by atoms with Crippen LogP contribution < -0.4 is 10.1 Å². The van der Waals surface area contributed by atoms with Crippen molar-refractivity contribution < 1.29 is 14.5 Å². The number of benzene rings is 2. The van der Waals surface area contributed by atoms with Gasteiger partial charge in [0.15, 0.2) is 0 Å². The molecule has 27 heavy (non-hydrogen) atoms. The van der Waals surface area contributed by atoms with Crippen LogP contribution in [0.15, 0.2) is 54.9 Å². The van der Waals surface area contributed by atoms with Crippen molar-refractivity contribution in [2.75, 3.05) is 12.4 Å². The lowest BCUT2D eigenvalue weighted by Gasteiger charge is -2.05. The summed E-state index contributed by atoms with van der Waals surface area (Å²) in [6, 6.07) is 11.9. The number of hydrogen-bond donors (Lipinski definition) is 1. The normalized spacial score (nSPS) is 10.4. The van der Waals surface area contributed by atoms with E-state index in [1.165, 1.54) is 18.2 Å². The van der Waals surface area contributed by atoms with Crippen molar-refractivity contribution >= 4 is 17.3 Å². The van der Waals surface area contributed by atoms with Gasteiger partial charge in [-0.15, -0.1) is 0 Å². The number of amides is 1. The molecule has 0 aliphatic heterocycles. The highest BCUT2D eigenvalue weighted by atomic mass is 16.6. The third-order valence-corrected chi connectivity index (χ3v) is 4.03. The first-order valence-corrected chi connectivity index (χ1v) is 8.18. The largest absolute Gasteiger partial charge is 0.497 e. The zero-order chi connectivity index (χ0) is 19.4. The van der Waals surface area contributed by atoms with Crippen LogP contribution in [0.3, 0.4) is 0 Å². The molecule has 8 nitrogen and oxygen atoms in total. The van der Waals surface area contributed by atoms with E-state index in [2.05, 4.69) is 10.4 Å². The molecule has 0 saturated carbocycles. The summed E-state index contributed by atoms with van der Waals surface area (Å²) in [5.74, 6) is 0.413. The van der Waals surface area contributed by atoms with E-state index in [0.29, 0.717) is 23.4 Å². The van der Waals surface area contributed by atoms with E-state index in [1.807, 2.05) is 24.3 Å². The van der Waals surface area contributed by atoms with Crippen LogP contribution in [0.5, 0.6) is 5.75 Å². The van der Waals surface area contributed by atoms with Crippen molar-refractivity contribution in [3.8, 4) is 5.75 Å². The molecule has 8 heteroatoms. The molecule has 1 heterocycles. The highest BCUT2D eigenvalue weighted by Crippen LogP contribution is 2.20. The monoisotopic (exact) mass is 366 g/mol. The molecule has 0 spiro atoms. The average molecular weight is 366 g/mol. The first-order valence-electron chi connectivity index (χ1n) is 8.18. The Hall–Kier alpha value is -3.68. The van der Waals surface area contributed by atoms with Gasteiger partial charge in [-0.1, -0.05) is 12.1 Å². The van der Waals surface area contributed by atoms with Crippen molar-refractivity contribution in [1.29, 1.82) is 0 Å². The van der Waals surface area contributed by atoms with Crippen LogP contribution in [-0.2, 0) is 6.54 Å². The number of nitro benzene ring substituents is 1. The molecule has 1 aromatic heterocycles. The van der Waals surface area contributed by atoms with Crippen LogP contribution >= 0.6 is 0 Å². The van der Waals surface area contributed by atoms with Crippen molar-refractivity contribution in [3.05, 3.63) is 81.7 Å². The van der Waals surface area contributed by atoms with Crippen molar-refractivity contribution in [3.63, 3.8) is 0 Å². The van der Waals surface area contributed by atoms with Gasteiger partial charge in [-0.05, 0) is 36.8 Å². The maximum absolute atomic E-state index is 12.4. The third-order valence-electron chi connectivity index (χ3n) is 4.03. The number of carbonyl (C=O) groups excluding carboxylic acids is 1. The number of methoxy groups -OCH3 is 1. The molecule has 0 saturated heterocycles. The molecule has 0 fully saturated rings. The van der Waals surface area contributed by atoms with Crippen molar-refractivity contribution in [1.82, 2.24) is 9.78 Å². The van der Waals surface area contributed by atoms with Gasteiger partial charge in [0, 0.05) is 23.4 Å². The van der Waals surface area contributed by atoms with Crippen LogP contribution in [0.25, 0.3) is 0 Å². The first kappa shape index (κ1) is 18.1. The Balaban J connectivity index is 1.69. The Morgan fingerprint density at radius 3 is 2.81 bits per heavy atom. The molecule has 0 aliphatic carbocycles. The minimum Gasteiger partial charge on any atom is -0.497 e. The number of ether oxygens (including phenoxy) is 1. The molecule has 0 atom stereocenters. The van der Waals surface area contributed by atoms with E-state index in [-0.39, 0.29) is 11.6 Å². The standard InChI is InChI=1S/C19H18N4O4/c1-13-8-15(6-7-18(13)23(25)26)19(24)21-16-10-20-22(12-16)11-14-4-3-5-17(9-14)27-2/h3-10,12H,11H2,1-2H3,(H,21,24). The highest BCUT2D eigenvalue weighted by Gasteiger charge is 2.14. The predicted molar refractivity (Wildman–Crippen MR) is 100 cm³/mol. The molecular weight excluding hydrogens is 348 g/mol. The molecule has 3 aromatic rings. The van der Waals surface area contributed by atoms with Gasteiger partial charge in [0.05, 0.1) is 30.5 Å². The lowest BCUT2D eigenvalue weighted by molar-refractivity contribution is -0.385. The van der Waals surface area contributed by atoms with Gasteiger partial charge in [-0.2, -0.15) is 5.10 Å². The summed E-state index contributed by atoms with van der Waals surface area (Å²) in [6.45, 7) is 2.13. The number of hydrogen-bond acceptors (Lipinski definition) is 5. The minimum atomic E-state index is -0.473. The minimum absolute atomic E-state index is 0.0161. The summed E-state index contributed by atoms with van der Waals surface area (Å²) in [5.41, 5.74) is 2.32. The van der Waals surface area contributed by atoms with Crippen molar-refractivity contribution in [2.24, 2.45) is 0 Å². The highest BCUT2D eigenvalue weighted by molar-refractivity contribution is 6.04. The number of aryl methyl sites for hydroxylation is 1. The van der Waals surface area contributed by atoms with Gasteiger partial charge in [0.1, 0.15) is 5.75 Å². The smallest absolute Gasteiger partial charge is 0.272 e. The SMILES string of the molecule is COc1cccc(Cn2cc(NC(=O)c3ccc([N+](=O)[O-])c(C)c3)cn2)c1. The summed E-state index contributed by atoms with van der Waals surface area (Å²) in [4.78, 5) is 22.8. The first-order chi connectivity index (χ1) is 13.0. The van der Waals surface area contributed by atoms with E-state index in [1.54, 1.807) is 31.1 Å². The summed E-state index contributed by atoms with van der Waals surface area (Å²) in [7, 11) is 1.61. The molecule has 0 aliphatic rings. The van der Waals surface area contributed by atoms with Gasteiger partial charge in [-0.25, -0.2) is 0 Å². The molecule has 138 valence electrons. The molecule has 3 rings (SSSR count). The number of rotatable bonds is 6. The molecular formula is C19H18N4O4. The van der Waals surface area contributed by atoms with Crippen LogP contribution in [0.4, 0.5) is 11.4 Å². The van der Waals surface area contributed by atoms with Gasteiger partial charge in [-0.3, -0.25) is 19.6 Å². The molecule has 0 unspecified atom stereocenters. The summed E-state index contributed by atoms with van der Waals surface area (Å²) in [6.07, 6.45) is 3.27. The fourth-order valence-corrected chi connectivity index (χ4v) is 2.68. The fourth-order valence-electron chi connectivity index (χ4n) is 2.68. The molecule has 0 radical (unpaired) electrons. The maximum Gasteiger partial charge on any atom is 0.272 e. The molecule has 1 amide bonds. The van der Waals surface area contributed by atoms with Gasteiger partial charge in [0.25, 0.3) is 11.6 Å². The van der Waals surface area contributed by atoms with Crippen LogP contribution in [0, 0.1) is 17.0 Å². The van der Waals surface area contributed by atoms with Gasteiger partial charge in [0.2, 0.25) is 0 Å². The number of anilines is 1. The zero-order valence-corrected chi connectivity index (χ0v) is 14.9. The number of nitrogens with one attached hydrogen (secondary N) is 1.